The molecule has 0 bridgehead atoms. The largest absolute Gasteiger partial charge is 0.497 e. The predicted molar refractivity (Wildman–Crippen MR) is 325 cm³/mol. The van der Waals surface area contributed by atoms with Crippen LogP contribution in [0.4, 0.5) is 42.5 Å². The van der Waals surface area contributed by atoms with E-state index < -0.39 is 47.2 Å². The number of amides is 3. The summed E-state index contributed by atoms with van der Waals surface area (Å²) >= 11 is 0. The zero-order valence-electron chi connectivity index (χ0n) is 49.0. The average molecular weight is 1240 g/mol. The van der Waals surface area contributed by atoms with Crippen molar-refractivity contribution >= 4 is 41.7 Å². The van der Waals surface area contributed by atoms with Gasteiger partial charge in [0.2, 0.25) is 0 Å². The number of halogens is 7. The molecule has 0 saturated heterocycles. The zero-order valence-corrected chi connectivity index (χ0v) is 49.8. The Labute approximate surface area is 511 Å². The number of anilines is 2. The summed E-state index contributed by atoms with van der Waals surface area (Å²) in [5.41, 5.74) is 8.46. The number of nitrogens with two attached hydrogens (primary N) is 1. The minimum Gasteiger partial charge on any atom is -0.497 e. The van der Waals surface area contributed by atoms with Crippen molar-refractivity contribution in [3.05, 3.63) is 214 Å². The van der Waals surface area contributed by atoms with Gasteiger partial charge in [-0.05, 0) is 178 Å². The number of alkyl carbamates (subject to hydrolysis) is 1. The van der Waals surface area contributed by atoms with E-state index in [0.717, 1.165) is 62.6 Å². The summed E-state index contributed by atoms with van der Waals surface area (Å²) < 4.78 is 100. The molecule has 2 fully saturated rings. The molecule has 0 aliphatic heterocycles. The first-order chi connectivity index (χ1) is 41.5. The average Bonchev–Trinajstić information content (AvgIpc) is 4.57. The molecule has 7 N–H and O–H groups in total. The number of rotatable bonds is 21. The molecule has 10 rings (SSSR count). The molecule has 0 radical (unpaired) electrons. The second-order valence-corrected chi connectivity index (χ2v) is 22.3. The lowest BCUT2D eigenvalue weighted by Crippen LogP contribution is -2.32. The fourth-order valence-corrected chi connectivity index (χ4v) is 9.55. The van der Waals surface area contributed by atoms with Crippen LogP contribution >= 0.6 is 12.4 Å². The molecule has 3 amide bonds. The van der Waals surface area contributed by atoms with Crippen molar-refractivity contribution in [3.63, 3.8) is 0 Å². The van der Waals surface area contributed by atoms with Crippen LogP contribution in [0.5, 0.6) is 11.5 Å². The van der Waals surface area contributed by atoms with Gasteiger partial charge in [-0.2, -0.15) is 36.5 Å². The number of aromatic nitrogens is 4. The second-order valence-electron chi connectivity index (χ2n) is 22.3. The van der Waals surface area contributed by atoms with Crippen molar-refractivity contribution in [1.29, 1.82) is 0 Å². The molecule has 8 aromatic rings. The third kappa shape index (κ3) is 17.7. The standard InChI is InChI=1S/C35H38F3N5O4.C30H30F3N5O2.ClH/c1-34(2,3)47-33(45)40-21-23-8-5-12-27(16-23)43-29(19-30(42-43)35(36,37)38)32(44)41-26-11-6-9-24(17-26)31(39-20-22-14-15-22)25-10-7-13-28(18-25)46-4;1-40-25-10-4-7-22(15-25)28(35-18-19-11-12-19)21-6-3-8-23(14-21)36-29(39)26-16-27(30(31,32)33)37-38(26)24-9-2-5-20(13-24)17-34;/h5-13,16-19,22,31,39H,14-15,20-21H2,1-4H3,(H,40,45)(H,41,44);2-10,13-16,19,28,35H,11-12,17-18,34H2,1H3,(H,36,39);1H. The minimum absolute atomic E-state index is 0. The van der Waals surface area contributed by atoms with E-state index in [1.54, 1.807) is 108 Å². The number of nitrogens with zero attached hydrogens (tertiary/aromatic N) is 4. The smallest absolute Gasteiger partial charge is 0.435 e. The van der Waals surface area contributed by atoms with Crippen molar-refractivity contribution in [2.24, 2.45) is 17.6 Å². The van der Waals surface area contributed by atoms with E-state index in [1.165, 1.54) is 31.7 Å². The zero-order chi connectivity index (χ0) is 62.0. The van der Waals surface area contributed by atoms with Crippen LogP contribution in [0.2, 0.25) is 0 Å². The van der Waals surface area contributed by atoms with Gasteiger partial charge in [0, 0.05) is 36.6 Å². The topological polar surface area (TPSA) is 201 Å². The van der Waals surface area contributed by atoms with Gasteiger partial charge in [0.05, 0.1) is 37.7 Å². The molecule has 16 nitrogen and oxygen atoms in total. The predicted octanol–water partition coefficient (Wildman–Crippen LogP) is 13.4. The second kappa shape index (κ2) is 28.4. The number of benzene rings is 6. The van der Waals surface area contributed by atoms with Gasteiger partial charge >= 0.3 is 18.4 Å². The summed E-state index contributed by atoms with van der Waals surface area (Å²) in [7, 11) is 3.22. The van der Waals surface area contributed by atoms with Crippen molar-refractivity contribution in [1.82, 2.24) is 35.5 Å². The number of hydrogen-bond donors (Lipinski definition) is 6. The Bertz CT molecular complexity index is 3710. The van der Waals surface area contributed by atoms with Gasteiger partial charge in [0.25, 0.3) is 11.8 Å². The Morgan fingerprint density at radius 3 is 1.35 bits per heavy atom. The Morgan fingerprint density at radius 1 is 0.557 bits per heavy atom. The molecule has 23 heteroatoms. The van der Waals surface area contributed by atoms with Crippen LogP contribution in [0.1, 0.15) is 124 Å². The maximum atomic E-state index is 13.8. The number of nitrogens with one attached hydrogen (secondary N) is 5. The summed E-state index contributed by atoms with van der Waals surface area (Å²) in [6, 6.07) is 44.0. The highest BCUT2D eigenvalue weighted by molar-refractivity contribution is 6.04. The van der Waals surface area contributed by atoms with Crippen LogP contribution < -0.4 is 41.8 Å². The highest BCUT2D eigenvalue weighted by Crippen LogP contribution is 2.36. The van der Waals surface area contributed by atoms with Crippen LogP contribution in [-0.4, -0.2) is 70.4 Å². The Hall–Kier alpha value is -8.70. The van der Waals surface area contributed by atoms with Crippen molar-refractivity contribution in [2.75, 3.05) is 37.9 Å². The van der Waals surface area contributed by atoms with E-state index in [4.69, 9.17) is 19.9 Å². The van der Waals surface area contributed by atoms with E-state index >= 15 is 0 Å². The van der Waals surface area contributed by atoms with Gasteiger partial charge in [0.1, 0.15) is 28.5 Å². The van der Waals surface area contributed by atoms with Crippen LogP contribution in [-0.2, 0) is 30.2 Å². The number of carbonyl (C=O) groups is 3. The van der Waals surface area contributed by atoms with Crippen LogP contribution in [0.15, 0.2) is 158 Å². The highest BCUT2D eigenvalue weighted by Gasteiger charge is 2.38. The molecule has 6 aromatic carbocycles. The summed E-state index contributed by atoms with van der Waals surface area (Å²) in [6.07, 6.45) is -5.42. The molecule has 2 aliphatic carbocycles. The Morgan fingerprint density at radius 2 is 0.955 bits per heavy atom. The van der Waals surface area contributed by atoms with Gasteiger partial charge in [-0.25, -0.2) is 14.2 Å². The molecule has 0 spiro atoms. The summed E-state index contributed by atoms with van der Waals surface area (Å²) in [5, 5.41) is 22.8. The Balaban J connectivity index is 0.000000228. The van der Waals surface area contributed by atoms with E-state index in [-0.39, 0.29) is 54.7 Å². The van der Waals surface area contributed by atoms with Crippen molar-refractivity contribution in [2.45, 2.75) is 89.6 Å². The monoisotopic (exact) mass is 1230 g/mol. The summed E-state index contributed by atoms with van der Waals surface area (Å²) in [5.74, 6) is 1.20. The fourth-order valence-electron chi connectivity index (χ4n) is 9.55. The van der Waals surface area contributed by atoms with E-state index in [2.05, 4.69) is 36.8 Å². The van der Waals surface area contributed by atoms with Crippen LogP contribution in [0, 0.1) is 11.8 Å². The van der Waals surface area contributed by atoms with Crippen LogP contribution in [0.3, 0.4) is 0 Å². The minimum atomic E-state index is -4.78. The number of methoxy groups -OCH3 is 2. The molecule has 2 aliphatic rings. The molecule has 88 heavy (non-hydrogen) atoms. The third-order valence-corrected chi connectivity index (χ3v) is 14.3. The number of hydrogen-bond acceptors (Lipinski definition) is 11. The Kier molecular flexibility index (Phi) is 21.1. The number of carbonyl (C=O) groups excluding carboxylic acids is 3. The molecular weight excluding hydrogens is 1170 g/mol. The SMILES string of the molecule is COc1cccc(C(NCC2CC2)c2cccc(NC(=O)c3cc(C(F)(F)F)nn3-c3cccc(CN)c3)c2)c1.COc1cccc(C(NCC2CC2)c2cccc(NC(=O)c3cc(C(F)(F)F)nn3-c3cccc(CNC(=O)OC(C)(C)C)c3)c2)c1.Cl. The van der Waals surface area contributed by atoms with E-state index in [0.29, 0.717) is 45.8 Å². The van der Waals surface area contributed by atoms with Crippen molar-refractivity contribution in [3.8, 4) is 22.9 Å². The van der Waals surface area contributed by atoms with Gasteiger partial charge in [-0.15, -0.1) is 12.4 Å². The number of ether oxygens (including phenoxy) is 3. The van der Waals surface area contributed by atoms with Crippen molar-refractivity contribution < 1.29 is 54.9 Å². The molecule has 2 heterocycles. The first kappa shape index (κ1) is 65.3. The first-order valence-electron chi connectivity index (χ1n) is 28.3. The lowest BCUT2D eigenvalue weighted by Gasteiger charge is -2.21. The molecule has 2 atom stereocenters. The molecular formula is C65H69ClF6N10O6. The summed E-state index contributed by atoms with van der Waals surface area (Å²) in [6.45, 7) is 7.11. The molecule has 464 valence electrons. The van der Waals surface area contributed by atoms with Gasteiger partial charge in [-0.3, -0.25) is 9.59 Å². The highest BCUT2D eigenvalue weighted by atomic mass is 35.5. The number of alkyl halides is 6. The lowest BCUT2D eigenvalue weighted by molar-refractivity contribution is -0.142. The molecule has 2 saturated carbocycles. The third-order valence-electron chi connectivity index (χ3n) is 14.3. The van der Waals surface area contributed by atoms with Crippen LogP contribution in [0.25, 0.3) is 11.4 Å². The molecule has 2 unspecified atom stereocenters. The fraction of sp³-hybridized carbons (Fsp3) is 0.308. The lowest BCUT2D eigenvalue weighted by atomic mass is 9.97. The van der Waals surface area contributed by atoms with Gasteiger partial charge in [-0.1, -0.05) is 72.8 Å². The van der Waals surface area contributed by atoms with E-state index in [1.807, 2.05) is 66.7 Å². The maximum Gasteiger partial charge on any atom is 0.435 e. The quantitative estimate of drug-likeness (QED) is 0.0374. The maximum absolute atomic E-state index is 13.8. The van der Waals surface area contributed by atoms with Gasteiger partial charge in [0.15, 0.2) is 11.4 Å². The normalized spacial score (nSPS) is 13.9. The van der Waals surface area contributed by atoms with Gasteiger partial charge < -0.3 is 46.5 Å². The summed E-state index contributed by atoms with van der Waals surface area (Å²) in [4.78, 5) is 39.1. The first-order valence-corrected chi connectivity index (χ1v) is 28.3. The molecule has 2 aromatic heterocycles. The van der Waals surface area contributed by atoms with E-state index in [9.17, 15) is 40.7 Å².